The highest BCUT2D eigenvalue weighted by molar-refractivity contribution is 6.34. The van der Waals surface area contributed by atoms with Crippen LogP contribution < -0.4 is 4.90 Å². The maximum atomic E-state index is 6.11. The minimum absolute atomic E-state index is 0.478. The number of nitrogens with one attached hydrogen (secondary N) is 1. The fourth-order valence-corrected chi connectivity index (χ4v) is 3.17. The van der Waals surface area contributed by atoms with Crippen molar-refractivity contribution in [2.75, 3.05) is 38.1 Å². The fraction of sp³-hybridized carbons (Fsp3) is 0.294. The molecule has 118 valence electrons. The molecule has 1 aliphatic heterocycles. The lowest BCUT2D eigenvalue weighted by molar-refractivity contribution is 0.313. The normalized spacial score (nSPS) is 16.2. The van der Waals surface area contributed by atoms with Crippen LogP contribution in [0.25, 0.3) is 22.3 Å². The molecule has 6 heteroatoms. The van der Waals surface area contributed by atoms with E-state index in [9.17, 15) is 0 Å². The topological polar surface area (TPSA) is 48.1 Å². The van der Waals surface area contributed by atoms with Crippen LogP contribution in [-0.2, 0) is 0 Å². The predicted molar refractivity (Wildman–Crippen MR) is 94.0 cm³/mol. The number of halogens is 1. The molecule has 0 amide bonds. The summed E-state index contributed by atoms with van der Waals surface area (Å²) in [5, 5.41) is 1.33. The maximum absolute atomic E-state index is 6.11. The maximum Gasteiger partial charge on any atom is 0.142 e. The van der Waals surface area contributed by atoms with Gasteiger partial charge in [0.05, 0.1) is 5.39 Å². The summed E-state index contributed by atoms with van der Waals surface area (Å²) in [6, 6.07) is 10.6. The monoisotopic (exact) mass is 327 g/mol. The van der Waals surface area contributed by atoms with Gasteiger partial charge >= 0.3 is 0 Å². The number of nitrogens with zero attached hydrogens (tertiary/aromatic N) is 4. The lowest BCUT2D eigenvalue weighted by Crippen LogP contribution is -2.44. The number of aromatic amines is 1. The van der Waals surface area contributed by atoms with E-state index in [4.69, 9.17) is 11.6 Å². The van der Waals surface area contributed by atoms with Gasteiger partial charge in [0, 0.05) is 37.6 Å². The molecule has 3 heterocycles. The Morgan fingerprint density at radius 1 is 1.04 bits per heavy atom. The molecule has 3 aromatic rings. The van der Waals surface area contributed by atoms with Gasteiger partial charge in [-0.05, 0) is 30.8 Å². The van der Waals surface area contributed by atoms with E-state index in [1.807, 2.05) is 6.07 Å². The van der Waals surface area contributed by atoms with Gasteiger partial charge in [-0.1, -0.05) is 23.7 Å². The van der Waals surface area contributed by atoms with E-state index in [-0.39, 0.29) is 0 Å². The lowest BCUT2D eigenvalue weighted by atomic mass is 10.1. The van der Waals surface area contributed by atoms with Gasteiger partial charge in [-0.15, -0.1) is 0 Å². The van der Waals surface area contributed by atoms with E-state index in [0.29, 0.717) is 5.15 Å². The van der Waals surface area contributed by atoms with Crippen LogP contribution in [0.4, 0.5) is 5.69 Å². The van der Waals surface area contributed by atoms with E-state index in [1.54, 1.807) is 0 Å². The van der Waals surface area contributed by atoms with Crippen molar-refractivity contribution < 1.29 is 0 Å². The molecule has 1 saturated heterocycles. The second-order valence-electron chi connectivity index (χ2n) is 5.95. The third kappa shape index (κ3) is 2.78. The first kappa shape index (κ1) is 14.5. The van der Waals surface area contributed by atoms with Crippen molar-refractivity contribution in [3.05, 3.63) is 41.8 Å². The van der Waals surface area contributed by atoms with Crippen molar-refractivity contribution in [1.82, 2.24) is 19.9 Å². The smallest absolute Gasteiger partial charge is 0.142 e. The second kappa shape index (κ2) is 5.83. The molecule has 4 rings (SSSR count). The number of likely N-dealkylation sites (N-methyl/N-ethyl adjacent to an activating group) is 1. The van der Waals surface area contributed by atoms with Crippen molar-refractivity contribution in [1.29, 1.82) is 0 Å². The SMILES string of the molecule is CN1CCN(c2ccc(-c3cc4c(Cl)ncnc4[nH]3)cc2)CC1. The van der Waals surface area contributed by atoms with Crippen LogP contribution in [0.5, 0.6) is 0 Å². The van der Waals surface area contributed by atoms with Crippen molar-refractivity contribution in [3.63, 3.8) is 0 Å². The van der Waals surface area contributed by atoms with Crippen LogP contribution in [0, 0.1) is 0 Å². The highest BCUT2D eigenvalue weighted by atomic mass is 35.5. The molecule has 0 bridgehead atoms. The van der Waals surface area contributed by atoms with Crippen LogP contribution in [0.3, 0.4) is 0 Å². The Labute approximate surface area is 139 Å². The molecule has 0 radical (unpaired) electrons. The molecule has 5 nitrogen and oxygen atoms in total. The fourth-order valence-electron chi connectivity index (χ4n) is 2.98. The van der Waals surface area contributed by atoms with Gasteiger partial charge in [0.25, 0.3) is 0 Å². The average molecular weight is 328 g/mol. The zero-order valence-corrected chi connectivity index (χ0v) is 13.7. The van der Waals surface area contributed by atoms with Gasteiger partial charge in [0.2, 0.25) is 0 Å². The second-order valence-corrected chi connectivity index (χ2v) is 6.30. The largest absolute Gasteiger partial charge is 0.369 e. The molecule has 1 N–H and O–H groups in total. The molecule has 23 heavy (non-hydrogen) atoms. The number of anilines is 1. The Morgan fingerprint density at radius 3 is 2.48 bits per heavy atom. The van der Waals surface area contributed by atoms with Gasteiger partial charge in [0.15, 0.2) is 0 Å². The Hall–Kier alpha value is -2.11. The summed E-state index contributed by atoms with van der Waals surface area (Å²) in [6.07, 6.45) is 1.47. The Balaban J connectivity index is 1.61. The van der Waals surface area contributed by atoms with Crippen LogP contribution in [0.2, 0.25) is 5.15 Å². The van der Waals surface area contributed by atoms with Crippen molar-refractivity contribution in [2.45, 2.75) is 0 Å². The Kier molecular flexibility index (Phi) is 3.67. The first-order valence-electron chi connectivity index (χ1n) is 7.74. The van der Waals surface area contributed by atoms with Crippen molar-refractivity contribution in [2.24, 2.45) is 0 Å². The van der Waals surface area contributed by atoms with Crippen LogP contribution in [0.15, 0.2) is 36.7 Å². The highest BCUT2D eigenvalue weighted by Gasteiger charge is 2.14. The number of hydrogen-bond donors (Lipinski definition) is 1. The zero-order chi connectivity index (χ0) is 15.8. The molecule has 0 spiro atoms. The molecular weight excluding hydrogens is 310 g/mol. The van der Waals surface area contributed by atoms with E-state index < -0.39 is 0 Å². The first-order chi connectivity index (χ1) is 11.2. The van der Waals surface area contributed by atoms with E-state index in [0.717, 1.165) is 48.5 Å². The summed E-state index contributed by atoms with van der Waals surface area (Å²) in [6.45, 7) is 4.38. The first-order valence-corrected chi connectivity index (χ1v) is 8.12. The summed E-state index contributed by atoms with van der Waals surface area (Å²) in [5.74, 6) is 0. The molecule has 0 saturated carbocycles. The minimum atomic E-state index is 0.478. The third-order valence-corrected chi connectivity index (χ3v) is 4.72. The number of aromatic nitrogens is 3. The average Bonchev–Trinajstić information content (AvgIpc) is 3.01. The standard InChI is InChI=1S/C17H18ClN5/c1-22-6-8-23(9-7-22)13-4-2-12(3-5-13)15-10-14-16(18)19-11-20-17(14)21-15/h2-5,10-11H,6-9H2,1H3,(H,19,20,21). The summed E-state index contributed by atoms with van der Waals surface area (Å²) in [7, 11) is 2.17. The number of H-pyrrole nitrogens is 1. The summed E-state index contributed by atoms with van der Waals surface area (Å²) < 4.78 is 0. The summed E-state index contributed by atoms with van der Waals surface area (Å²) in [4.78, 5) is 16.3. The highest BCUT2D eigenvalue weighted by Crippen LogP contribution is 2.28. The molecular formula is C17H18ClN5. The van der Waals surface area contributed by atoms with Crippen molar-refractivity contribution >= 4 is 28.3 Å². The number of rotatable bonds is 2. The van der Waals surface area contributed by atoms with Gasteiger partial charge in [-0.3, -0.25) is 0 Å². The van der Waals surface area contributed by atoms with Crippen LogP contribution >= 0.6 is 11.6 Å². The zero-order valence-electron chi connectivity index (χ0n) is 13.0. The molecule has 0 unspecified atom stereocenters. The number of piperazine rings is 1. The number of hydrogen-bond acceptors (Lipinski definition) is 4. The quantitative estimate of drug-likeness (QED) is 0.735. The molecule has 0 aliphatic carbocycles. The van der Waals surface area contributed by atoms with E-state index in [1.165, 1.54) is 12.0 Å². The van der Waals surface area contributed by atoms with Crippen LogP contribution in [-0.4, -0.2) is 53.1 Å². The van der Waals surface area contributed by atoms with Gasteiger partial charge in [0.1, 0.15) is 17.1 Å². The van der Waals surface area contributed by atoms with E-state index >= 15 is 0 Å². The van der Waals surface area contributed by atoms with Gasteiger partial charge in [-0.2, -0.15) is 0 Å². The van der Waals surface area contributed by atoms with Gasteiger partial charge < -0.3 is 14.8 Å². The third-order valence-electron chi connectivity index (χ3n) is 4.42. The molecule has 1 aromatic carbocycles. The Bertz CT molecular complexity index is 819. The minimum Gasteiger partial charge on any atom is -0.369 e. The molecule has 1 aliphatic rings. The van der Waals surface area contributed by atoms with Crippen LogP contribution in [0.1, 0.15) is 0 Å². The van der Waals surface area contributed by atoms with Crippen molar-refractivity contribution in [3.8, 4) is 11.3 Å². The lowest BCUT2D eigenvalue weighted by Gasteiger charge is -2.34. The predicted octanol–water partition coefficient (Wildman–Crippen LogP) is 3.03. The number of fused-ring (bicyclic) bond motifs is 1. The van der Waals surface area contributed by atoms with Gasteiger partial charge in [-0.25, -0.2) is 9.97 Å². The molecule has 0 atom stereocenters. The summed E-state index contributed by atoms with van der Waals surface area (Å²) >= 11 is 6.11. The Morgan fingerprint density at radius 2 is 1.78 bits per heavy atom. The molecule has 2 aromatic heterocycles. The number of benzene rings is 1. The van der Waals surface area contributed by atoms with E-state index in [2.05, 4.69) is 56.1 Å². The molecule has 1 fully saturated rings. The summed E-state index contributed by atoms with van der Waals surface area (Å²) in [5.41, 5.74) is 4.17.